The number of ether oxygens (including phenoxy) is 1. The lowest BCUT2D eigenvalue weighted by Gasteiger charge is -2.04. The number of benzene rings is 2. The number of para-hydroxylation sites is 1. The van der Waals surface area contributed by atoms with Crippen LogP contribution in [0, 0.1) is 0 Å². The fourth-order valence-electron chi connectivity index (χ4n) is 2.61. The van der Waals surface area contributed by atoms with Crippen LogP contribution in [0.25, 0.3) is 10.9 Å². The van der Waals surface area contributed by atoms with Crippen molar-refractivity contribution < 1.29 is 19.4 Å². The van der Waals surface area contributed by atoms with Crippen LogP contribution in [0.2, 0.25) is 0 Å². The highest BCUT2D eigenvalue weighted by atomic mass is 16.5. The summed E-state index contributed by atoms with van der Waals surface area (Å²) in [5.41, 5.74) is 2.44. The van der Waals surface area contributed by atoms with Crippen molar-refractivity contribution in [3.05, 3.63) is 65.9 Å². The van der Waals surface area contributed by atoms with E-state index in [1.165, 1.54) is 35.2 Å². The molecule has 0 aliphatic carbocycles. The number of carbonyl (C=O) groups excluding carboxylic acids is 1. The Kier molecular flexibility index (Phi) is 4.61. The Hall–Kier alpha value is -3.08. The molecule has 0 fully saturated rings. The maximum atomic E-state index is 11.9. The quantitative estimate of drug-likeness (QED) is 0.534. The van der Waals surface area contributed by atoms with Crippen molar-refractivity contribution in [1.82, 2.24) is 4.98 Å². The van der Waals surface area contributed by atoms with Gasteiger partial charge >= 0.3 is 11.9 Å². The largest absolute Gasteiger partial charge is 0.478 e. The zero-order valence-corrected chi connectivity index (χ0v) is 13.0. The molecule has 0 bridgehead atoms. The lowest BCUT2D eigenvalue weighted by Crippen LogP contribution is -2.08. The molecular formula is C19H17NO4. The molecule has 24 heavy (non-hydrogen) atoms. The van der Waals surface area contributed by atoms with Crippen LogP contribution in [0.15, 0.2) is 54.7 Å². The lowest BCUT2D eigenvalue weighted by molar-refractivity contribution is -0.134. The zero-order chi connectivity index (χ0) is 16.9. The first-order chi connectivity index (χ1) is 11.6. The van der Waals surface area contributed by atoms with Crippen molar-refractivity contribution >= 4 is 22.8 Å². The minimum absolute atomic E-state index is 0.161. The molecule has 3 rings (SSSR count). The normalized spacial score (nSPS) is 10.7. The standard InChI is InChI=1S/C19H17NO4/c21-18(24-15-10-8-13(9-11-15)19(22)23)7-3-4-14-12-20-17-6-2-1-5-16(14)17/h1-2,5-6,8-12,20H,3-4,7H2,(H,22,23). The molecule has 3 aromatic rings. The smallest absolute Gasteiger partial charge is 0.335 e. The molecule has 2 N–H and O–H groups in total. The number of rotatable bonds is 6. The average molecular weight is 323 g/mol. The third-order valence-electron chi connectivity index (χ3n) is 3.83. The molecule has 0 saturated heterocycles. The first-order valence-corrected chi connectivity index (χ1v) is 7.72. The predicted octanol–water partition coefficient (Wildman–Crippen LogP) is 3.79. The number of aromatic carboxylic acids is 1. The van der Waals surface area contributed by atoms with Crippen LogP contribution in [0.1, 0.15) is 28.8 Å². The molecule has 0 aliphatic heterocycles. The van der Waals surface area contributed by atoms with E-state index in [-0.39, 0.29) is 11.5 Å². The summed E-state index contributed by atoms with van der Waals surface area (Å²) >= 11 is 0. The van der Waals surface area contributed by atoms with Gasteiger partial charge in [0.05, 0.1) is 5.56 Å². The van der Waals surface area contributed by atoms with Crippen LogP contribution in [0.3, 0.4) is 0 Å². The molecule has 122 valence electrons. The summed E-state index contributed by atoms with van der Waals surface area (Å²) in [5, 5.41) is 10.0. The molecule has 0 amide bonds. The Labute approximate surface area is 138 Å². The van der Waals surface area contributed by atoms with Gasteiger partial charge in [0.15, 0.2) is 0 Å². The summed E-state index contributed by atoms with van der Waals surface area (Å²) in [4.78, 5) is 25.9. The molecule has 0 aliphatic rings. The maximum absolute atomic E-state index is 11.9. The number of hydrogen-bond donors (Lipinski definition) is 2. The van der Waals surface area contributed by atoms with Gasteiger partial charge in [0, 0.05) is 23.5 Å². The number of aromatic nitrogens is 1. The minimum Gasteiger partial charge on any atom is -0.478 e. The van der Waals surface area contributed by atoms with Gasteiger partial charge in [-0.05, 0) is 48.7 Å². The second-order valence-corrected chi connectivity index (χ2v) is 5.52. The highest BCUT2D eigenvalue weighted by Crippen LogP contribution is 2.20. The number of esters is 1. The fourth-order valence-corrected chi connectivity index (χ4v) is 2.61. The van der Waals surface area contributed by atoms with Gasteiger partial charge in [-0.15, -0.1) is 0 Å². The first kappa shape index (κ1) is 15.8. The molecule has 1 aromatic heterocycles. The van der Waals surface area contributed by atoms with Gasteiger partial charge in [-0.1, -0.05) is 18.2 Å². The van der Waals surface area contributed by atoms with E-state index in [9.17, 15) is 9.59 Å². The van der Waals surface area contributed by atoms with E-state index in [0.29, 0.717) is 18.6 Å². The van der Waals surface area contributed by atoms with Crippen LogP contribution in [0.5, 0.6) is 5.75 Å². The van der Waals surface area contributed by atoms with E-state index in [1.54, 1.807) is 0 Å². The number of fused-ring (bicyclic) bond motifs is 1. The number of H-pyrrole nitrogens is 1. The third kappa shape index (κ3) is 3.63. The van der Waals surface area contributed by atoms with Gasteiger partial charge in [-0.25, -0.2) is 4.79 Å². The van der Waals surface area contributed by atoms with E-state index in [1.807, 2.05) is 24.4 Å². The molecule has 5 nitrogen and oxygen atoms in total. The number of carboxylic acids is 1. The van der Waals surface area contributed by atoms with E-state index in [4.69, 9.17) is 9.84 Å². The molecule has 5 heteroatoms. The Morgan fingerprint density at radius 1 is 1.04 bits per heavy atom. The van der Waals surface area contributed by atoms with Crippen LogP contribution < -0.4 is 4.74 Å². The summed E-state index contributed by atoms with van der Waals surface area (Å²) < 4.78 is 5.22. The molecule has 0 radical (unpaired) electrons. The van der Waals surface area contributed by atoms with Crippen LogP contribution in [-0.2, 0) is 11.2 Å². The molecule has 1 heterocycles. The van der Waals surface area contributed by atoms with Crippen molar-refractivity contribution in [2.24, 2.45) is 0 Å². The summed E-state index contributed by atoms with van der Waals surface area (Å²) in [6, 6.07) is 13.9. The number of hydrogen-bond acceptors (Lipinski definition) is 3. The molecule has 0 spiro atoms. The minimum atomic E-state index is -1.01. The molecular weight excluding hydrogens is 306 g/mol. The van der Waals surface area contributed by atoms with Gasteiger partial charge in [-0.2, -0.15) is 0 Å². The number of carboxylic acid groups (broad SMARTS) is 1. The Morgan fingerprint density at radius 2 is 1.79 bits per heavy atom. The number of nitrogens with one attached hydrogen (secondary N) is 1. The highest BCUT2D eigenvalue weighted by molar-refractivity contribution is 5.87. The summed E-state index contributed by atoms with van der Waals surface area (Å²) in [5.74, 6) is -0.971. The Morgan fingerprint density at radius 3 is 2.54 bits per heavy atom. The van der Waals surface area contributed by atoms with Crippen LogP contribution in [0.4, 0.5) is 0 Å². The Balaban J connectivity index is 1.51. The summed E-state index contributed by atoms with van der Waals surface area (Å²) in [6.07, 6.45) is 3.76. The second-order valence-electron chi connectivity index (χ2n) is 5.52. The average Bonchev–Trinajstić information content (AvgIpc) is 2.99. The maximum Gasteiger partial charge on any atom is 0.335 e. The SMILES string of the molecule is O=C(CCCc1c[nH]c2ccccc12)Oc1ccc(C(=O)O)cc1. The summed E-state index contributed by atoms with van der Waals surface area (Å²) in [7, 11) is 0. The predicted molar refractivity (Wildman–Crippen MR) is 90.3 cm³/mol. The third-order valence-corrected chi connectivity index (χ3v) is 3.83. The van der Waals surface area contributed by atoms with Crippen molar-refractivity contribution in [1.29, 1.82) is 0 Å². The van der Waals surface area contributed by atoms with E-state index in [2.05, 4.69) is 11.1 Å². The lowest BCUT2D eigenvalue weighted by atomic mass is 10.1. The summed E-state index contributed by atoms with van der Waals surface area (Å²) in [6.45, 7) is 0. The van der Waals surface area contributed by atoms with E-state index in [0.717, 1.165) is 11.9 Å². The van der Waals surface area contributed by atoms with Crippen LogP contribution in [-0.4, -0.2) is 22.0 Å². The van der Waals surface area contributed by atoms with Crippen molar-refractivity contribution in [3.8, 4) is 5.75 Å². The number of aromatic amines is 1. The molecule has 0 atom stereocenters. The van der Waals surface area contributed by atoms with Crippen molar-refractivity contribution in [3.63, 3.8) is 0 Å². The van der Waals surface area contributed by atoms with Crippen LogP contribution >= 0.6 is 0 Å². The van der Waals surface area contributed by atoms with Gasteiger partial charge in [0.1, 0.15) is 5.75 Å². The van der Waals surface area contributed by atoms with Gasteiger partial charge in [0.25, 0.3) is 0 Å². The monoisotopic (exact) mass is 323 g/mol. The molecule has 0 saturated carbocycles. The molecule has 0 unspecified atom stereocenters. The van der Waals surface area contributed by atoms with Crippen molar-refractivity contribution in [2.45, 2.75) is 19.3 Å². The van der Waals surface area contributed by atoms with Gasteiger partial charge < -0.3 is 14.8 Å². The topological polar surface area (TPSA) is 79.4 Å². The molecule has 2 aromatic carbocycles. The number of aryl methyl sites for hydroxylation is 1. The zero-order valence-electron chi connectivity index (χ0n) is 13.0. The second kappa shape index (κ2) is 7.00. The Bertz CT molecular complexity index is 864. The first-order valence-electron chi connectivity index (χ1n) is 7.72. The van der Waals surface area contributed by atoms with Gasteiger partial charge in [0.2, 0.25) is 0 Å². The van der Waals surface area contributed by atoms with Gasteiger partial charge in [-0.3, -0.25) is 4.79 Å². The van der Waals surface area contributed by atoms with E-state index < -0.39 is 5.97 Å². The number of carbonyl (C=O) groups is 2. The highest BCUT2D eigenvalue weighted by Gasteiger charge is 2.08. The fraction of sp³-hybridized carbons (Fsp3) is 0.158. The van der Waals surface area contributed by atoms with Crippen molar-refractivity contribution in [2.75, 3.05) is 0 Å². The van der Waals surface area contributed by atoms with E-state index >= 15 is 0 Å².